The molecule has 2 N–H and O–H groups in total. The largest absolute Gasteiger partial charge is 0.356 e. The maximum Gasteiger partial charge on any atom is 0.328 e. The normalized spacial score (nSPS) is 12.2. The van der Waals surface area contributed by atoms with Gasteiger partial charge in [-0.2, -0.15) is 0 Å². The van der Waals surface area contributed by atoms with Crippen molar-refractivity contribution in [2.45, 2.75) is 52.5 Å². The fourth-order valence-corrected chi connectivity index (χ4v) is 2.97. The van der Waals surface area contributed by atoms with Crippen molar-refractivity contribution in [1.29, 1.82) is 0 Å². The Hall–Kier alpha value is -2.37. The van der Waals surface area contributed by atoms with Gasteiger partial charge in [0, 0.05) is 19.5 Å². The quantitative estimate of drug-likeness (QED) is 0.732. The number of hydrogen-bond acceptors (Lipinski definition) is 3. The fraction of sp³-hybridized carbons (Fsp3) is 0.526. The van der Waals surface area contributed by atoms with E-state index in [9.17, 15) is 14.4 Å². The molecule has 2 rings (SSSR count). The minimum atomic E-state index is -0.481. The van der Waals surface area contributed by atoms with E-state index in [0.29, 0.717) is 23.4 Å². The lowest BCUT2D eigenvalue weighted by Crippen LogP contribution is -2.33. The van der Waals surface area contributed by atoms with Gasteiger partial charge in [0.1, 0.15) is 0 Å². The molecule has 1 aromatic carbocycles. The van der Waals surface area contributed by atoms with Crippen molar-refractivity contribution in [2.75, 3.05) is 6.54 Å². The van der Waals surface area contributed by atoms with Gasteiger partial charge in [-0.3, -0.25) is 19.1 Å². The van der Waals surface area contributed by atoms with Crippen LogP contribution in [0.1, 0.15) is 46.0 Å². The number of hydrogen-bond donors (Lipinski definition) is 2. The Kier molecular flexibility index (Phi) is 6.98. The number of nitrogens with zero attached hydrogens (tertiary/aromatic N) is 1. The predicted molar refractivity (Wildman–Crippen MR) is 99.8 cm³/mol. The Labute approximate surface area is 147 Å². The molecule has 1 atom stereocenters. The Bertz CT molecular complexity index is 823. The van der Waals surface area contributed by atoms with Crippen LogP contribution in [0.25, 0.3) is 10.9 Å². The molecule has 6 heteroatoms. The number of aryl methyl sites for hydroxylation is 1. The molecule has 0 aliphatic heterocycles. The first-order valence-electron chi connectivity index (χ1n) is 9.05. The monoisotopic (exact) mass is 345 g/mol. The third-order valence-corrected chi connectivity index (χ3v) is 4.60. The van der Waals surface area contributed by atoms with Crippen LogP contribution in [0, 0.1) is 5.92 Å². The molecule has 136 valence electrons. The second-order valence-corrected chi connectivity index (χ2v) is 6.40. The van der Waals surface area contributed by atoms with E-state index in [1.54, 1.807) is 24.3 Å². The van der Waals surface area contributed by atoms with E-state index < -0.39 is 11.2 Å². The topological polar surface area (TPSA) is 84.0 Å². The van der Waals surface area contributed by atoms with E-state index in [-0.39, 0.29) is 18.9 Å². The van der Waals surface area contributed by atoms with Crippen LogP contribution >= 0.6 is 0 Å². The molecule has 6 nitrogen and oxygen atoms in total. The first-order chi connectivity index (χ1) is 12.1. The van der Waals surface area contributed by atoms with Gasteiger partial charge in [-0.05, 0) is 24.5 Å². The third kappa shape index (κ3) is 5.05. The standard InChI is InChI=1S/C19H27N3O3/c1-3-5-8-14(4-2)13-20-17(23)11-12-22-16-10-7-6-9-15(16)18(24)21-19(22)25/h6-7,9-10,14H,3-5,8,11-13H2,1-2H3,(H,20,23)(H,21,24,25). The van der Waals surface area contributed by atoms with Crippen LogP contribution in [0.4, 0.5) is 0 Å². The summed E-state index contributed by atoms with van der Waals surface area (Å²) in [6, 6.07) is 6.92. The van der Waals surface area contributed by atoms with Crippen molar-refractivity contribution in [3.63, 3.8) is 0 Å². The summed E-state index contributed by atoms with van der Waals surface area (Å²) in [5.74, 6) is 0.428. The molecule has 0 aliphatic carbocycles. The van der Waals surface area contributed by atoms with Crippen LogP contribution in [0.3, 0.4) is 0 Å². The number of amides is 1. The number of para-hydroxylation sites is 1. The molecule has 0 spiro atoms. The third-order valence-electron chi connectivity index (χ3n) is 4.60. The molecule has 2 aromatic rings. The van der Waals surface area contributed by atoms with Crippen LogP contribution < -0.4 is 16.6 Å². The minimum absolute atomic E-state index is 0.0721. The number of carbonyl (C=O) groups excluding carboxylic acids is 1. The highest BCUT2D eigenvalue weighted by atomic mass is 16.2. The summed E-state index contributed by atoms with van der Waals surface area (Å²) in [5.41, 5.74) is -0.327. The Balaban J connectivity index is 1.99. The van der Waals surface area contributed by atoms with E-state index in [2.05, 4.69) is 24.1 Å². The van der Waals surface area contributed by atoms with Crippen LogP contribution in [0.2, 0.25) is 0 Å². The van der Waals surface area contributed by atoms with Crippen molar-refractivity contribution in [3.05, 3.63) is 45.1 Å². The number of H-pyrrole nitrogens is 1. The molecule has 0 bridgehead atoms. The summed E-state index contributed by atoms with van der Waals surface area (Å²) in [5, 5.41) is 3.42. The molecule has 0 fully saturated rings. The SMILES string of the molecule is CCCCC(CC)CNC(=O)CCn1c(=O)[nH]c(=O)c2ccccc21. The lowest BCUT2D eigenvalue weighted by Gasteiger charge is -2.15. The van der Waals surface area contributed by atoms with E-state index in [1.165, 1.54) is 11.0 Å². The number of benzene rings is 1. The summed E-state index contributed by atoms with van der Waals surface area (Å²) < 4.78 is 1.45. The van der Waals surface area contributed by atoms with Crippen LogP contribution in [0.15, 0.2) is 33.9 Å². The molecule has 1 heterocycles. The number of rotatable bonds is 9. The van der Waals surface area contributed by atoms with Gasteiger partial charge in [-0.25, -0.2) is 4.79 Å². The molecular formula is C19H27N3O3. The number of unbranched alkanes of at least 4 members (excludes halogenated alkanes) is 1. The van der Waals surface area contributed by atoms with Crippen molar-refractivity contribution < 1.29 is 4.79 Å². The summed E-state index contributed by atoms with van der Waals surface area (Å²) in [7, 11) is 0. The minimum Gasteiger partial charge on any atom is -0.356 e. The lowest BCUT2D eigenvalue weighted by atomic mass is 9.99. The predicted octanol–water partition coefficient (Wildman–Crippen LogP) is 2.41. The molecule has 0 aliphatic rings. The van der Waals surface area contributed by atoms with Crippen molar-refractivity contribution in [3.8, 4) is 0 Å². The molecule has 1 amide bonds. The zero-order chi connectivity index (χ0) is 18.2. The first-order valence-corrected chi connectivity index (χ1v) is 9.05. The average Bonchev–Trinajstić information content (AvgIpc) is 2.61. The van der Waals surface area contributed by atoms with Gasteiger partial charge in [-0.1, -0.05) is 45.2 Å². The van der Waals surface area contributed by atoms with E-state index >= 15 is 0 Å². The highest BCUT2D eigenvalue weighted by Crippen LogP contribution is 2.11. The van der Waals surface area contributed by atoms with Crippen molar-refractivity contribution >= 4 is 16.8 Å². The maximum absolute atomic E-state index is 12.1. The highest BCUT2D eigenvalue weighted by Gasteiger charge is 2.11. The molecule has 0 saturated heterocycles. The maximum atomic E-state index is 12.1. The summed E-state index contributed by atoms with van der Waals surface area (Å²) in [6.07, 6.45) is 4.71. The Morgan fingerprint density at radius 1 is 1.24 bits per heavy atom. The molecular weight excluding hydrogens is 318 g/mol. The van der Waals surface area contributed by atoms with Gasteiger partial charge < -0.3 is 5.32 Å². The Morgan fingerprint density at radius 3 is 2.72 bits per heavy atom. The number of fused-ring (bicyclic) bond motifs is 1. The molecule has 1 aromatic heterocycles. The van der Waals surface area contributed by atoms with Crippen molar-refractivity contribution in [1.82, 2.24) is 14.9 Å². The number of nitrogens with one attached hydrogen (secondary N) is 2. The molecule has 25 heavy (non-hydrogen) atoms. The molecule has 0 radical (unpaired) electrons. The second kappa shape index (κ2) is 9.20. The summed E-state index contributed by atoms with van der Waals surface area (Å²) in [4.78, 5) is 38.3. The van der Waals surface area contributed by atoms with Gasteiger partial charge in [0.25, 0.3) is 5.56 Å². The van der Waals surface area contributed by atoms with Crippen LogP contribution in [0.5, 0.6) is 0 Å². The van der Waals surface area contributed by atoms with Gasteiger partial charge in [0.15, 0.2) is 0 Å². The lowest BCUT2D eigenvalue weighted by molar-refractivity contribution is -0.121. The molecule has 1 unspecified atom stereocenters. The number of aromatic amines is 1. The summed E-state index contributed by atoms with van der Waals surface area (Å²) >= 11 is 0. The number of carbonyl (C=O) groups is 1. The van der Waals surface area contributed by atoms with Gasteiger partial charge in [-0.15, -0.1) is 0 Å². The van der Waals surface area contributed by atoms with Gasteiger partial charge >= 0.3 is 5.69 Å². The first kappa shape index (κ1) is 19.0. The molecule has 0 saturated carbocycles. The van der Waals surface area contributed by atoms with Crippen LogP contribution in [-0.4, -0.2) is 22.0 Å². The van der Waals surface area contributed by atoms with E-state index in [1.807, 2.05) is 0 Å². The van der Waals surface area contributed by atoms with Crippen molar-refractivity contribution in [2.24, 2.45) is 5.92 Å². The Morgan fingerprint density at radius 2 is 2.00 bits per heavy atom. The van der Waals surface area contributed by atoms with Crippen LogP contribution in [-0.2, 0) is 11.3 Å². The zero-order valence-electron chi connectivity index (χ0n) is 15.0. The fourth-order valence-electron chi connectivity index (χ4n) is 2.97. The zero-order valence-corrected chi connectivity index (χ0v) is 15.0. The average molecular weight is 345 g/mol. The highest BCUT2D eigenvalue weighted by molar-refractivity contribution is 5.78. The summed E-state index contributed by atoms with van der Waals surface area (Å²) in [6.45, 7) is 5.22. The number of aromatic nitrogens is 2. The van der Waals surface area contributed by atoms with E-state index in [4.69, 9.17) is 0 Å². The van der Waals surface area contributed by atoms with Gasteiger partial charge in [0.05, 0.1) is 10.9 Å². The van der Waals surface area contributed by atoms with Gasteiger partial charge in [0.2, 0.25) is 5.91 Å². The second-order valence-electron chi connectivity index (χ2n) is 6.40. The van der Waals surface area contributed by atoms with E-state index in [0.717, 1.165) is 19.3 Å². The smallest absolute Gasteiger partial charge is 0.328 e.